The molecule has 6 heteroatoms. The van der Waals surface area contributed by atoms with E-state index in [1.54, 1.807) is 6.07 Å². The van der Waals surface area contributed by atoms with Gasteiger partial charge < -0.3 is 15.5 Å². The summed E-state index contributed by atoms with van der Waals surface area (Å²) < 4.78 is 0. The fourth-order valence-corrected chi connectivity index (χ4v) is 3.02. The molecule has 0 bridgehead atoms. The number of rotatable bonds is 5. The van der Waals surface area contributed by atoms with E-state index in [0.29, 0.717) is 17.8 Å². The predicted molar refractivity (Wildman–Crippen MR) is 86.0 cm³/mol. The van der Waals surface area contributed by atoms with E-state index in [2.05, 4.69) is 39.6 Å². The second-order valence-electron chi connectivity index (χ2n) is 6.64. The quantitative estimate of drug-likeness (QED) is 0.855. The number of anilines is 1. The summed E-state index contributed by atoms with van der Waals surface area (Å²) in [4.78, 5) is 14.2. The molecular formula is C16H25N5O. The van der Waals surface area contributed by atoms with Crippen LogP contribution >= 0.6 is 0 Å². The van der Waals surface area contributed by atoms with Crippen molar-refractivity contribution in [2.45, 2.75) is 45.2 Å². The number of hydrogen-bond acceptors (Lipinski definition) is 5. The van der Waals surface area contributed by atoms with Crippen LogP contribution in [0.3, 0.4) is 0 Å². The van der Waals surface area contributed by atoms with Crippen LogP contribution < -0.4 is 15.5 Å². The number of carbonyl (C=O) groups is 1. The third-order valence-electron chi connectivity index (χ3n) is 4.30. The Morgan fingerprint density at radius 1 is 1.27 bits per heavy atom. The first-order valence-electron chi connectivity index (χ1n) is 8.24. The van der Waals surface area contributed by atoms with E-state index in [1.165, 1.54) is 12.8 Å². The number of aromatic nitrogens is 2. The van der Waals surface area contributed by atoms with Gasteiger partial charge in [0.25, 0.3) is 5.91 Å². The lowest BCUT2D eigenvalue weighted by Crippen LogP contribution is -2.54. The van der Waals surface area contributed by atoms with Gasteiger partial charge in [-0.25, -0.2) is 0 Å². The second-order valence-corrected chi connectivity index (χ2v) is 6.64. The molecule has 1 amide bonds. The van der Waals surface area contributed by atoms with Gasteiger partial charge in [-0.05, 0) is 38.3 Å². The Labute approximate surface area is 131 Å². The van der Waals surface area contributed by atoms with Crippen molar-refractivity contribution >= 4 is 11.7 Å². The van der Waals surface area contributed by atoms with Gasteiger partial charge in [-0.2, -0.15) is 0 Å². The van der Waals surface area contributed by atoms with Crippen LogP contribution in [0.1, 0.15) is 43.6 Å². The third kappa shape index (κ3) is 3.94. The monoisotopic (exact) mass is 303 g/mol. The highest BCUT2D eigenvalue weighted by Gasteiger charge is 2.23. The summed E-state index contributed by atoms with van der Waals surface area (Å²) in [7, 11) is 0. The molecule has 1 aliphatic carbocycles. The summed E-state index contributed by atoms with van der Waals surface area (Å²) in [6.07, 6.45) is 3.70. The Morgan fingerprint density at radius 2 is 2.00 bits per heavy atom. The Kier molecular flexibility index (Phi) is 4.57. The van der Waals surface area contributed by atoms with Crippen molar-refractivity contribution in [1.82, 2.24) is 20.8 Å². The average Bonchev–Trinajstić information content (AvgIpc) is 3.30. The summed E-state index contributed by atoms with van der Waals surface area (Å²) in [6.45, 7) is 6.88. The molecule has 0 aromatic carbocycles. The Hall–Kier alpha value is -1.69. The summed E-state index contributed by atoms with van der Waals surface area (Å²) in [6, 6.07) is 4.52. The van der Waals surface area contributed by atoms with Gasteiger partial charge in [0.05, 0.1) is 0 Å². The van der Waals surface area contributed by atoms with Crippen LogP contribution in [0.4, 0.5) is 5.82 Å². The zero-order valence-corrected chi connectivity index (χ0v) is 13.4. The molecule has 2 aliphatic rings. The van der Waals surface area contributed by atoms with Crippen LogP contribution in [0.15, 0.2) is 12.1 Å². The van der Waals surface area contributed by atoms with Crippen LogP contribution in [0.25, 0.3) is 0 Å². The molecule has 1 aromatic rings. The molecule has 0 radical (unpaired) electrons. The molecule has 1 saturated carbocycles. The highest BCUT2D eigenvalue weighted by molar-refractivity contribution is 5.92. The lowest BCUT2D eigenvalue weighted by atomic mass is 10.1. The van der Waals surface area contributed by atoms with Gasteiger partial charge >= 0.3 is 0 Å². The molecule has 6 nitrogen and oxygen atoms in total. The fourth-order valence-electron chi connectivity index (χ4n) is 3.02. The maximum Gasteiger partial charge on any atom is 0.271 e. The van der Waals surface area contributed by atoms with E-state index in [0.717, 1.165) is 37.8 Å². The van der Waals surface area contributed by atoms with Crippen LogP contribution in [0.2, 0.25) is 0 Å². The average molecular weight is 303 g/mol. The number of amides is 1. The minimum absolute atomic E-state index is 0.123. The van der Waals surface area contributed by atoms with Crippen molar-refractivity contribution in [3.63, 3.8) is 0 Å². The van der Waals surface area contributed by atoms with E-state index in [9.17, 15) is 4.79 Å². The third-order valence-corrected chi connectivity index (χ3v) is 4.30. The van der Waals surface area contributed by atoms with Gasteiger partial charge in [0.2, 0.25) is 0 Å². The SMILES string of the molecule is CC1CN(c2ccc(C(=O)NCCC3CC3)nn2)CC(C)N1. The molecule has 1 aliphatic heterocycles. The van der Waals surface area contributed by atoms with Crippen molar-refractivity contribution in [3.05, 3.63) is 17.8 Å². The van der Waals surface area contributed by atoms with Crippen LogP contribution in [-0.4, -0.2) is 47.8 Å². The predicted octanol–water partition coefficient (Wildman–Crippen LogP) is 1.19. The molecule has 1 saturated heterocycles. The first-order chi connectivity index (χ1) is 10.6. The van der Waals surface area contributed by atoms with Crippen LogP contribution in [-0.2, 0) is 0 Å². The van der Waals surface area contributed by atoms with Gasteiger partial charge in [-0.1, -0.05) is 12.8 Å². The first-order valence-corrected chi connectivity index (χ1v) is 8.24. The molecule has 3 rings (SSSR count). The molecule has 120 valence electrons. The second kappa shape index (κ2) is 6.60. The molecule has 2 N–H and O–H groups in total. The Balaban J connectivity index is 1.55. The van der Waals surface area contributed by atoms with Crippen molar-refractivity contribution in [1.29, 1.82) is 0 Å². The molecule has 2 unspecified atom stereocenters. The lowest BCUT2D eigenvalue weighted by Gasteiger charge is -2.36. The summed E-state index contributed by atoms with van der Waals surface area (Å²) in [5, 5.41) is 14.7. The summed E-state index contributed by atoms with van der Waals surface area (Å²) in [5.74, 6) is 1.54. The Morgan fingerprint density at radius 3 is 2.59 bits per heavy atom. The fraction of sp³-hybridized carbons (Fsp3) is 0.688. The highest BCUT2D eigenvalue weighted by atomic mass is 16.1. The molecule has 2 heterocycles. The summed E-state index contributed by atoms with van der Waals surface area (Å²) in [5.41, 5.74) is 0.399. The molecule has 2 atom stereocenters. The van der Waals surface area contributed by atoms with Gasteiger partial charge in [0.1, 0.15) is 0 Å². The van der Waals surface area contributed by atoms with E-state index in [4.69, 9.17) is 0 Å². The first kappa shape index (κ1) is 15.2. The van der Waals surface area contributed by atoms with Crippen molar-refractivity contribution in [3.8, 4) is 0 Å². The van der Waals surface area contributed by atoms with Gasteiger partial charge in [0, 0.05) is 31.7 Å². The highest BCUT2D eigenvalue weighted by Crippen LogP contribution is 2.31. The largest absolute Gasteiger partial charge is 0.352 e. The van der Waals surface area contributed by atoms with Gasteiger partial charge in [-0.3, -0.25) is 4.79 Å². The molecule has 1 aromatic heterocycles. The van der Waals surface area contributed by atoms with Crippen molar-refractivity contribution in [2.75, 3.05) is 24.5 Å². The number of piperazine rings is 1. The van der Waals surface area contributed by atoms with Crippen molar-refractivity contribution < 1.29 is 4.79 Å². The minimum Gasteiger partial charge on any atom is -0.352 e. The van der Waals surface area contributed by atoms with Crippen molar-refractivity contribution in [2.24, 2.45) is 5.92 Å². The van der Waals surface area contributed by atoms with E-state index >= 15 is 0 Å². The number of nitrogens with zero attached hydrogens (tertiary/aromatic N) is 3. The smallest absolute Gasteiger partial charge is 0.271 e. The van der Waals surface area contributed by atoms with Crippen LogP contribution in [0, 0.1) is 5.92 Å². The number of carbonyl (C=O) groups excluding carboxylic acids is 1. The maximum absolute atomic E-state index is 12.0. The maximum atomic E-state index is 12.0. The minimum atomic E-state index is -0.123. The number of hydrogen-bond donors (Lipinski definition) is 2. The zero-order chi connectivity index (χ0) is 15.5. The van der Waals surface area contributed by atoms with E-state index < -0.39 is 0 Å². The van der Waals surface area contributed by atoms with E-state index in [1.807, 2.05) is 6.07 Å². The normalized spacial score (nSPS) is 25.1. The molecule has 0 spiro atoms. The molecular weight excluding hydrogens is 278 g/mol. The van der Waals surface area contributed by atoms with Gasteiger partial charge in [-0.15, -0.1) is 10.2 Å². The Bertz CT molecular complexity index is 504. The lowest BCUT2D eigenvalue weighted by molar-refractivity contribution is 0.0946. The topological polar surface area (TPSA) is 70.2 Å². The molecule has 2 fully saturated rings. The molecule has 22 heavy (non-hydrogen) atoms. The van der Waals surface area contributed by atoms with Gasteiger partial charge in [0.15, 0.2) is 11.5 Å². The standard InChI is InChI=1S/C16H25N5O/c1-11-9-21(10-12(2)18-11)15-6-5-14(19-20-15)16(22)17-8-7-13-3-4-13/h5-6,11-13,18H,3-4,7-10H2,1-2H3,(H,17,22). The number of nitrogens with one attached hydrogen (secondary N) is 2. The zero-order valence-electron chi connectivity index (χ0n) is 13.4. The van der Waals surface area contributed by atoms with Crippen LogP contribution in [0.5, 0.6) is 0 Å². The summed E-state index contributed by atoms with van der Waals surface area (Å²) >= 11 is 0. The van der Waals surface area contributed by atoms with E-state index in [-0.39, 0.29) is 5.91 Å².